The Hall–Kier alpha value is -1.27. The van der Waals surface area contributed by atoms with Gasteiger partial charge in [0.2, 0.25) is 5.91 Å². The van der Waals surface area contributed by atoms with E-state index in [1.54, 1.807) is 13.8 Å². The predicted molar refractivity (Wildman–Crippen MR) is 49.7 cm³/mol. The number of carbonyl (C=O) groups is 2. The van der Waals surface area contributed by atoms with Gasteiger partial charge in [0.15, 0.2) is 0 Å². The fourth-order valence-corrected chi connectivity index (χ4v) is 1.12. The van der Waals surface area contributed by atoms with Crippen LogP contribution in [0.1, 0.15) is 26.7 Å². The second kappa shape index (κ2) is 5.72. The van der Waals surface area contributed by atoms with Crippen molar-refractivity contribution in [3.05, 3.63) is 0 Å². The minimum Gasteiger partial charge on any atom is -0.480 e. The molecule has 1 amide bonds. The van der Waals surface area contributed by atoms with Crippen LogP contribution in [0.5, 0.6) is 0 Å². The number of aliphatic carboxylic acids is 1. The Balaban J connectivity index is 4.30. The van der Waals surface area contributed by atoms with Gasteiger partial charge >= 0.3 is 12.1 Å². The van der Waals surface area contributed by atoms with Crippen LogP contribution in [-0.4, -0.2) is 29.2 Å². The topological polar surface area (TPSA) is 66.4 Å². The molecule has 2 N–H and O–H groups in total. The molecule has 0 aromatic heterocycles. The summed E-state index contributed by atoms with van der Waals surface area (Å²) in [5.41, 5.74) is 0. The molecule has 0 saturated carbocycles. The molecular formula is C9H14F3NO3. The van der Waals surface area contributed by atoms with Gasteiger partial charge in [0, 0.05) is 0 Å². The van der Waals surface area contributed by atoms with E-state index in [9.17, 15) is 22.8 Å². The Bertz CT molecular complexity index is 263. The average Bonchev–Trinajstić information content (AvgIpc) is 1.97. The van der Waals surface area contributed by atoms with Gasteiger partial charge in [0.1, 0.15) is 12.5 Å². The predicted octanol–water partition coefficient (Wildman–Crippen LogP) is 1.55. The van der Waals surface area contributed by atoms with Gasteiger partial charge in [-0.2, -0.15) is 13.2 Å². The summed E-state index contributed by atoms with van der Waals surface area (Å²) < 4.78 is 35.4. The third kappa shape index (κ3) is 7.08. The van der Waals surface area contributed by atoms with Crippen LogP contribution >= 0.6 is 0 Å². The standard InChI is InChI=1S/C9H14F3NO3/c1-5(2)3-6(8(15)16)13-7(14)4-9(10,11)12/h5-6H,3-4H2,1-2H3,(H,13,14)(H,15,16)/t6-/m1/s1. The third-order valence-corrected chi connectivity index (χ3v) is 1.70. The summed E-state index contributed by atoms with van der Waals surface area (Å²) in [6.45, 7) is 3.43. The fraction of sp³-hybridized carbons (Fsp3) is 0.778. The first-order chi connectivity index (χ1) is 7.11. The van der Waals surface area contributed by atoms with Gasteiger partial charge in [-0.05, 0) is 12.3 Å². The van der Waals surface area contributed by atoms with Crippen molar-refractivity contribution in [1.29, 1.82) is 0 Å². The van der Waals surface area contributed by atoms with E-state index in [0.29, 0.717) is 0 Å². The molecule has 0 aliphatic carbocycles. The highest BCUT2D eigenvalue weighted by atomic mass is 19.4. The van der Waals surface area contributed by atoms with Gasteiger partial charge in [0.25, 0.3) is 0 Å². The minimum atomic E-state index is -4.62. The summed E-state index contributed by atoms with van der Waals surface area (Å²) in [5.74, 6) is -2.68. The molecule has 0 spiro atoms. The Morgan fingerprint density at radius 3 is 2.12 bits per heavy atom. The number of rotatable bonds is 5. The Labute approximate surface area is 90.8 Å². The van der Waals surface area contributed by atoms with Crippen molar-refractivity contribution in [2.45, 2.75) is 38.9 Å². The summed E-state index contributed by atoms with van der Waals surface area (Å²) in [5, 5.41) is 10.5. The number of halogens is 3. The van der Waals surface area contributed by atoms with E-state index in [4.69, 9.17) is 5.11 Å². The Kier molecular flexibility index (Phi) is 5.26. The normalized spacial score (nSPS) is 13.6. The maximum Gasteiger partial charge on any atom is 0.397 e. The lowest BCUT2D eigenvalue weighted by Crippen LogP contribution is -2.43. The molecule has 7 heteroatoms. The van der Waals surface area contributed by atoms with E-state index in [0.717, 1.165) is 0 Å². The third-order valence-electron chi connectivity index (χ3n) is 1.70. The number of alkyl halides is 3. The molecule has 0 fully saturated rings. The van der Waals surface area contributed by atoms with Gasteiger partial charge in [0.05, 0.1) is 0 Å². The van der Waals surface area contributed by atoms with Crippen LogP contribution in [0.25, 0.3) is 0 Å². The summed E-state index contributed by atoms with van der Waals surface area (Å²) >= 11 is 0. The average molecular weight is 241 g/mol. The highest BCUT2D eigenvalue weighted by Crippen LogP contribution is 2.19. The van der Waals surface area contributed by atoms with Crippen LogP contribution < -0.4 is 5.32 Å². The zero-order valence-electron chi connectivity index (χ0n) is 8.97. The molecule has 0 aromatic rings. The molecular weight excluding hydrogens is 227 g/mol. The number of carbonyl (C=O) groups excluding carboxylic acids is 1. The highest BCUT2D eigenvalue weighted by Gasteiger charge is 2.33. The van der Waals surface area contributed by atoms with E-state index in [2.05, 4.69) is 0 Å². The molecule has 0 heterocycles. The van der Waals surface area contributed by atoms with Crippen molar-refractivity contribution in [3.8, 4) is 0 Å². The zero-order valence-corrected chi connectivity index (χ0v) is 8.97. The van der Waals surface area contributed by atoms with Crippen molar-refractivity contribution in [2.24, 2.45) is 5.92 Å². The van der Waals surface area contributed by atoms with Crippen molar-refractivity contribution >= 4 is 11.9 Å². The lowest BCUT2D eigenvalue weighted by atomic mass is 10.0. The lowest BCUT2D eigenvalue weighted by molar-refractivity contribution is -0.157. The van der Waals surface area contributed by atoms with Gasteiger partial charge in [-0.15, -0.1) is 0 Å². The monoisotopic (exact) mass is 241 g/mol. The summed E-state index contributed by atoms with van der Waals surface area (Å²) in [6.07, 6.45) is -6.18. The maximum absolute atomic E-state index is 11.8. The Morgan fingerprint density at radius 2 is 1.81 bits per heavy atom. The summed E-state index contributed by atoms with van der Waals surface area (Å²) in [7, 11) is 0. The van der Waals surface area contributed by atoms with Crippen molar-refractivity contribution in [1.82, 2.24) is 5.32 Å². The van der Waals surface area contributed by atoms with E-state index >= 15 is 0 Å². The molecule has 0 rings (SSSR count). The van der Waals surface area contributed by atoms with Crippen LogP contribution in [0.4, 0.5) is 13.2 Å². The zero-order chi connectivity index (χ0) is 12.9. The number of nitrogens with one attached hydrogen (secondary N) is 1. The van der Waals surface area contributed by atoms with Crippen LogP contribution in [0.15, 0.2) is 0 Å². The van der Waals surface area contributed by atoms with Crippen molar-refractivity contribution < 1.29 is 27.9 Å². The van der Waals surface area contributed by atoms with Crippen molar-refractivity contribution in [3.63, 3.8) is 0 Å². The number of amides is 1. The van der Waals surface area contributed by atoms with Crippen LogP contribution in [0.3, 0.4) is 0 Å². The number of carboxylic acid groups (broad SMARTS) is 1. The highest BCUT2D eigenvalue weighted by molar-refractivity contribution is 5.83. The molecule has 0 saturated heterocycles. The molecule has 0 aromatic carbocycles. The summed E-state index contributed by atoms with van der Waals surface area (Å²) in [6, 6.07) is -1.27. The van der Waals surface area contributed by atoms with E-state index in [-0.39, 0.29) is 12.3 Å². The van der Waals surface area contributed by atoms with Gasteiger partial charge in [-0.1, -0.05) is 13.8 Å². The smallest absolute Gasteiger partial charge is 0.397 e. The largest absolute Gasteiger partial charge is 0.480 e. The second-order valence-corrected chi connectivity index (χ2v) is 3.88. The molecule has 4 nitrogen and oxygen atoms in total. The van der Waals surface area contributed by atoms with Crippen LogP contribution in [0, 0.1) is 5.92 Å². The minimum absolute atomic E-state index is 0.0349. The quantitative estimate of drug-likeness (QED) is 0.767. The van der Waals surface area contributed by atoms with Crippen LogP contribution in [0.2, 0.25) is 0 Å². The number of hydrogen-bond acceptors (Lipinski definition) is 2. The Morgan fingerprint density at radius 1 is 1.31 bits per heavy atom. The van der Waals surface area contributed by atoms with Gasteiger partial charge in [-0.25, -0.2) is 4.79 Å². The van der Waals surface area contributed by atoms with Gasteiger partial charge < -0.3 is 10.4 Å². The molecule has 0 bridgehead atoms. The number of hydrogen-bond donors (Lipinski definition) is 2. The number of carboxylic acids is 1. The van der Waals surface area contributed by atoms with E-state index in [1.807, 2.05) is 5.32 Å². The fourth-order valence-electron chi connectivity index (χ4n) is 1.12. The second-order valence-electron chi connectivity index (χ2n) is 3.88. The lowest BCUT2D eigenvalue weighted by Gasteiger charge is -2.16. The molecule has 1 atom stereocenters. The van der Waals surface area contributed by atoms with E-state index in [1.165, 1.54) is 0 Å². The van der Waals surface area contributed by atoms with Crippen molar-refractivity contribution in [2.75, 3.05) is 0 Å². The van der Waals surface area contributed by atoms with E-state index < -0.39 is 30.5 Å². The maximum atomic E-state index is 11.8. The molecule has 0 unspecified atom stereocenters. The molecule has 0 radical (unpaired) electrons. The van der Waals surface area contributed by atoms with Gasteiger partial charge in [-0.3, -0.25) is 4.79 Å². The molecule has 0 aliphatic heterocycles. The first-order valence-electron chi connectivity index (χ1n) is 4.70. The molecule has 16 heavy (non-hydrogen) atoms. The first kappa shape index (κ1) is 14.7. The van der Waals surface area contributed by atoms with Crippen LogP contribution in [-0.2, 0) is 9.59 Å². The molecule has 0 aliphatic rings. The summed E-state index contributed by atoms with van der Waals surface area (Å²) in [4.78, 5) is 21.5. The molecule has 94 valence electrons. The SMILES string of the molecule is CC(C)C[C@@H](NC(=O)CC(F)(F)F)C(=O)O. The first-order valence-corrected chi connectivity index (χ1v) is 4.70.